The fraction of sp³-hybridized carbons (Fsp3) is 0.474. The summed E-state index contributed by atoms with van der Waals surface area (Å²) >= 11 is 0. The van der Waals surface area contributed by atoms with Crippen LogP contribution in [0.25, 0.3) is 5.69 Å². The summed E-state index contributed by atoms with van der Waals surface area (Å²) in [5, 5.41) is 7.61. The molecule has 2 fully saturated rings. The minimum atomic E-state index is -0.298. The second-order valence-electron chi connectivity index (χ2n) is 6.89. The summed E-state index contributed by atoms with van der Waals surface area (Å²) in [6, 6.07) is 7.42. The van der Waals surface area contributed by atoms with Gasteiger partial charge in [0.2, 0.25) is 0 Å². The fourth-order valence-electron chi connectivity index (χ4n) is 3.63. The van der Waals surface area contributed by atoms with Gasteiger partial charge < -0.3 is 14.5 Å². The standard InChI is InChI=1S/C19H23N5O3/c25-18(15-4-1-5-16(12-15)24-13-20-21-14-24)22-7-3-8-23(10-9-22)19(26)17-6-2-11-27-17/h1,4-5,12-14,17H,2-3,6-11H2/t17-/m1/s1. The van der Waals surface area contributed by atoms with E-state index in [0.29, 0.717) is 38.3 Å². The third-order valence-corrected chi connectivity index (χ3v) is 5.11. The number of ether oxygens (including phenoxy) is 1. The third kappa shape index (κ3) is 3.85. The van der Waals surface area contributed by atoms with Crippen LogP contribution in [0.3, 0.4) is 0 Å². The number of rotatable bonds is 3. The third-order valence-electron chi connectivity index (χ3n) is 5.11. The Morgan fingerprint density at radius 1 is 1.00 bits per heavy atom. The summed E-state index contributed by atoms with van der Waals surface area (Å²) in [6.07, 6.45) is 5.42. The minimum absolute atomic E-state index is 0.0173. The first kappa shape index (κ1) is 17.7. The molecule has 1 aromatic carbocycles. The van der Waals surface area contributed by atoms with Crippen LogP contribution in [-0.4, -0.2) is 75.3 Å². The highest BCUT2D eigenvalue weighted by molar-refractivity contribution is 5.94. The largest absolute Gasteiger partial charge is 0.368 e. The molecule has 142 valence electrons. The van der Waals surface area contributed by atoms with Crippen molar-refractivity contribution in [2.24, 2.45) is 0 Å². The first-order chi connectivity index (χ1) is 13.2. The van der Waals surface area contributed by atoms with Gasteiger partial charge in [-0.3, -0.25) is 14.2 Å². The van der Waals surface area contributed by atoms with Gasteiger partial charge in [-0.15, -0.1) is 10.2 Å². The maximum Gasteiger partial charge on any atom is 0.253 e. The van der Waals surface area contributed by atoms with Crippen LogP contribution in [0.5, 0.6) is 0 Å². The zero-order valence-electron chi connectivity index (χ0n) is 15.2. The van der Waals surface area contributed by atoms with Crippen LogP contribution in [0.1, 0.15) is 29.6 Å². The van der Waals surface area contributed by atoms with Crippen LogP contribution in [0, 0.1) is 0 Å². The van der Waals surface area contributed by atoms with Gasteiger partial charge in [0, 0.05) is 44.0 Å². The SMILES string of the molecule is O=C(c1cccc(-n2cnnc2)c1)N1CCCN(C(=O)[C@H]2CCCO2)CC1. The van der Waals surface area contributed by atoms with Crippen molar-refractivity contribution in [1.29, 1.82) is 0 Å². The molecule has 2 aromatic rings. The highest BCUT2D eigenvalue weighted by Gasteiger charge is 2.30. The quantitative estimate of drug-likeness (QED) is 0.810. The molecular weight excluding hydrogens is 346 g/mol. The minimum Gasteiger partial charge on any atom is -0.368 e. The van der Waals surface area contributed by atoms with Gasteiger partial charge in [0.15, 0.2) is 0 Å². The Bertz CT molecular complexity index is 801. The molecule has 0 N–H and O–H groups in total. The molecular formula is C19H23N5O3. The predicted molar refractivity (Wildman–Crippen MR) is 97.4 cm³/mol. The fourth-order valence-corrected chi connectivity index (χ4v) is 3.63. The molecule has 8 nitrogen and oxygen atoms in total. The van der Waals surface area contributed by atoms with E-state index in [0.717, 1.165) is 24.9 Å². The molecule has 2 aliphatic heterocycles. The Morgan fingerprint density at radius 3 is 2.56 bits per heavy atom. The summed E-state index contributed by atoms with van der Waals surface area (Å²) in [5.74, 6) is 0.0488. The number of aromatic nitrogens is 3. The molecule has 2 aliphatic rings. The number of hydrogen-bond donors (Lipinski definition) is 0. The second kappa shape index (κ2) is 7.87. The normalized spacial score (nSPS) is 20.5. The van der Waals surface area contributed by atoms with Crippen molar-refractivity contribution in [1.82, 2.24) is 24.6 Å². The lowest BCUT2D eigenvalue weighted by Gasteiger charge is -2.24. The van der Waals surface area contributed by atoms with E-state index in [-0.39, 0.29) is 17.9 Å². The Balaban J connectivity index is 1.42. The van der Waals surface area contributed by atoms with E-state index in [4.69, 9.17) is 4.74 Å². The number of carbonyl (C=O) groups is 2. The van der Waals surface area contributed by atoms with Gasteiger partial charge in [-0.2, -0.15) is 0 Å². The zero-order valence-corrected chi connectivity index (χ0v) is 15.2. The van der Waals surface area contributed by atoms with E-state index >= 15 is 0 Å². The number of carbonyl (C=O) groups excluding carboxylic acids is 2. The number of benzene rings is 1. The van der Waals surface area contributed by atoms with E-state index < -0.39 is 0 Å². The Hall–Kier alpha value is -2.74. The van der Waals surface area contributed by atoms with E-state index in [9.17, 15) is 9.59 Å². The molecule has 0 bridgehead atoms. The molecule has 27 heavy (non-hydrogen) atoms. The first-order valence-electron chi connectivity index (χ1n) is 9.37. The summed E-state index contributed by atoms with van der Waals surface area (Å²) in [6.45, 7) is 3.07. The van der Waals surface area contributed by atoms with Crippen LogP contribution in [-0.2, 0) is 9.53 Å². The highest BCUT2D eigenvalue weighted by atomic mass is 16.5. The van der Waals surface area contributed by atoms with E-state index in [2.05, 4.69) is 10.2 Å². The van der Waals surface area contributed by atoms with E-state index in [1.807, 2.05) is 34.1 Å². The first-order valence-corrected chi connectivity index (χ1v) is 9.37. The van der Waals surface area contributed by atoms with Gasteiger partial charge in [-0.1, -0.05) is 6.07 Å². The van der Waals surface area contributed by atoms with Crippen LogP contribution in [0.4, 0.5) is 0 Å². The lowest BCUT2D eigenvalue weighted by atomic mass is 10.1. The van der Waals surface area contributed by atoms with Crippen molar-refractivity contribution in [3.8, 4) is 5.69 Å². The molecule has 0 spiro atoms. The maximum absolute atomic E-state index is 13.0. The topological polar surface area (TPSA) is 80.6 Å². The Morgan fingerprint density at radius 2 is 1.78 bits per heavy atom. The molecule has 1 atom stereocenters. The molecule has 0 radical (unpaired) electrons. The van der Waals surface area contributed by atoms with Crippen LogP contribution in [0.2, 0.25) is 0 Å². The summed E-state index contributed by atoms with van der Waals surface area (Å²) < 4.78 is 7.28. The zero-order chi connectivity index (χ0) is 18.6. The van der Waals surface area contributed by atoms with Gasteiger partial charge in [-0.05, 0) is 37.5 Å². The summed E-state index contributed by atoms with van der Waals surface area (Å²) in [5.41, 5.74) is 1.47. The molecule has 8 heteroatoms. The molecule has 1 aromatic heterocycles. The predicted octanol–water partition coefficient (Wildman–Crippen LogP) is 1.12. The summed E-state index contributed by atoms with van der Waals surface area (Å²) in [4.78, 5) is 29.2. The van der Waals surface area contributed by atoms with Crippen molar-refractivity contribution in [2.45, 2.75) is 25.4 Å². The smallest absolute Gasteiger partial charge is 0.253 e. The molecule has 4 rings (SSSR count). The van der Waals surface area contributed by atoms with Crippen molar-refractivity contribution >= 4 is 11.8 Å². The van der Waals surface area contributed by atoms with Crippen molar-refractivity contribution < 1.29 is 14.3 Å². The molecule has 2 amide bonds. The van der Waals surface area contributed by atoms with Crippen molar-refractivity contribution in [2.75, 3.05) is 32.8 Å². The van der Waals surface area contributed by atoms with Crippen molar-refractivity contribution in [3.63, 3.8) is 0 Å². The molecule has 3 heterocycles. The van der Waals surface area contributed by atoms with Gasteiger partial charge in [-0.25, -0.2) is 0 Å². The molecule has 0 aliphatic carbocycles. The molecule has 2 saturated heterocycles. The monoisotopic (exact) mass is 369 g/mol. The number of amides is 2. The van der Waals surface area contributed by atoms with Crippen molar-refractivity contribution in [3.05, 3.63) is 42.5 Å². The van der Waals surface area contributed by atoms with Gasteiger partial charge in [0.1, 0.15) is 18.8 Å². The molecule has 0 unspecified atom stereocenters. The van der Waals surface area contributed by atoms with Crippen LogP contribution >= 0.6 is 0 Å². The lowest BCUT2D eigenvalue weighted by molar-refractivity contribution is -0.140. The van der Waals surface area contributed by atoms with Crippen LogP contribution in [0.15, 0.2) is 36.9 Å². The van der Waals surface area contributed by atoms with Gasteiger partial charge in [0.25, 0.3) is 11.8 Å². The van der Waals surface area contributed by atoms with E-state index in [1.54, 1.807) is 17.2 Å². The highest BCUT2D eigenvalue weighted by Crippen LogP contribution is 2.17. The Kier molecular flexibility index (Phi) is 5.15. The summed E-state index contributed by atoms with van der Waals surface area (Å²) in [7, 11) is 0. The number of nitrogens with zero attached hydrogens (tertiary/aromatic N) is 5. The van der Waals surface area contributed by atoms with Gasteiger partial charge >= 0.3 is 0 Å². The van der Waals surface area contributed by atoms with E-state index in [1.165, 1.54) is 0 Å². The van der Waals surface area contributed by atoms with Crippen LogP contribution < -0.4 is 0 Å². The second-order valence-corrected chi connectivity index (χ2v) is 6.89. The number of hydrogen-bond acceptors (Lipinski definition) is 5. The lowest BCUT2D eigenvalue weighted by Crippen LogP contribution is -2.41. The Labute approximate surface area is 157 Å². The average Bonchev–Trinajstić information content (AvgIpc) is 3.38. The molecule has 0 saturated carbocycles. The average molecular weight is 369 g/mol. The van der Waals surface area contributed by atoms with Gasteiger partial charge in [0.05, 0.1) is 0 Å². The maximum atomic E-state index is 13.0.